The van der Waals surface area contributed by atoms with Crippen LogP contribution in [0.5, 0.6) is 0 Å². The van der Waals surface area contributed by atoms with Gasteiger partial charge < -0.3 is 10.2 Å². The van der Waals surface area contributed by atoms with Crippen LogP contribution in [-0.2, 0) is 13.1 Å². The van der Waals surface area contributed by atoms with Gasteiger partial charge in [0.25, 0.3) is 5.91 Å². The number of benzene rings is 1. The van der Waals surface area contributed by atoms with Gasteiger partial charge in [0.1, 0.15) is 11.6 Å². The first-order chi connectivity index (χ1) is 16.1. The van der Waals surface area contributed by atoms with Gasteiger partial charge in [-0.25, -0.2) is 15.0 Å². The van der Waals surface area contributed by atoms with Crippen LogP contribution in [0.2, 0.25) is 0 Å². The number of pyridine rings is 1. The molecule has 0 spiro atoms. The second-order valence-corrected chi connectivity index (χ2v) is 8.36. The summed E-state index contributed by atoms with van der Waals surface area (Å²) >= 11 is 0. The summed E-state index contributed by atoms with van der Waals surface area (Å²) in [6.07, 6.45) is 5.71. The molecule has 0 saturated heterocycles. The van der Waals surface area contributed by atoms with E-state index in [0.717, 1.165) is 33.7 Å². The summed E-state index contributed by atoms with van der Waals surface area (Å²) in [6, 6.07) is 13.4. The fraction of sp³-hybridized carbons (Fsp3) is 0.280. The molecule has 1 N–H and O–H groups in total. The number of fused-ring (bicyclic) bond motifs is 1. The molecule has 3 aromatic heterocycles. The first-order valence-corrected chi connectivity index (χ1v) is 11.1. The standard InChI is InChI=1S/C25H25N7O/c1-16-12-19-13-18(6-8-21(19)29-24(16)26-2)25(33)32(15-23-27-10-3-11-28-23)14-20-7-9-22(31-30-20)17-4-5-17/h3,6-13,17H,4-5,14-15H2,1-2H3,(H,26,29). The van der Waals surface area contributed by atoms with E-state index in [1.54, 1.807) is 23.4 Å². The minimum absolute atomic E-state index is 0.118. The number of amides is 1. The number of aromatic nitrogens is 5. The quantitative estimate of drug-likeness (QED) is 0.467. The first kappa shape index (κ1) is 20.9. The fourth-order valence-electron chi connectivity index (χ4n) is 3.88. The van der Waals surface area contributed by atoms with Crippen molar-refractivity contribution in [2.75, 3.05) is 12.4 Å². The molecular weight excluding hydrogens is 414 g/mol. The Labute approximate surface area is 192 Å². The largest absolute Gasteiger partial charge is 0.373 e. The number of aryl methyl sites for hydroxylation is 1. The van der Waals surface area contributed by atoms with Gasteiger partial charge in [-0.15, -0.1) is 0 Å². The Bertz CT molecular complexity index is 1290. The molecule has 8 nitrogen and oxygen atoms in total. The summed E-state index contributed by atoms with van der Waals surface area (Å²) in [5.41, 5.74) is 4.21. The summed E-state index contributed by atoms with van der Waals surface area (Å²) in [7, 11) is 1.85. The molecule has 0 atom stereocenters. The second-order valence-electron chi connectivity index (χ2n) is 8.36. The van der Waals surface area contributed by atoms with Crippen LogP contribution < -0.4 is 5.32 Å². The van der Waals surface area contributed by atoms with E-state index in [2.05, 4.69) is 30.5 Å². The van der Waals surface area contributed by atoms with Gasteiger partial charge in [-0.3, -0.25) is 4.79 Å². The van der Waals surface area contributed by atoms with Crippen molar-refractivity contribution in [3.8, 4) is 0 Å². The van der Waals surface area contributed by atoms with Crippen LogP contribution >= 0.6 is 0 Å². The predicted molar refractivity (Wildman–Crippen MR) is 126 cm³/mol. The Morgan fingerprint density at radius 1 is 1.06 bits per heavy atom. The van der Waals surface area contributed by atoms with Crippen LogP contribution in [0.3, 0.4) is 0 Å². The minimum Gasteiger partial charge on any atom is -0.373 e. The van der Waals surface area contributed by atoms with E-state index in [4.69, 9.17) is 0 Å². The van der Waals surface area contributed by atoms with Crippen molar-refractivity contribution in [3.63, 3.8) is 0 Å². The molecule has 1 fully saturated rings. The molecule has 0 aliphatic heterocycles. The number of nitrogens with zero attached hydrogens (tertiary/aromatic N) is 6. The lowest BCUT2D eigenvalue weighted by atomic mass is 10.1. The lowest BCUT2D eigenvalue weighted by Gasteiger charge is -2.22. The Hall–Kier alpha value is -3.94. The topological polar surface area (TPSA) is 96.8 Å². The van der Waals surface area contributed by atoms with Crippen LogP contribution in [0, 0.1) is 6.92 Å². The Kier molecular flexibility index (Phi) is 5.64. The third kappa shape index (κ3) is 4.64. The van der Waals surface area contributed by atoms with Crippen molar-refractivity contribution >= 4 is 22.6 Å². The zero-order valence-electron chi connectivity index (χ0n) is 18.7. The van der Waals surface area contributed by atoms with Crippen LogP contribution in [-0.4, -0.2) is 43.0 Å². The molecule has 3 heterocycles. The van der Waals surface area contributed by atoms with Crippen molar-refractivity contribution in [1.82, 2.24) is 30.0 Å². The zero-order valence-corrected chi connectivity index (χ0v) is 18.7. The maximum atomic E-state index is 13.6. The summed E-state index contributed by atoms with van der Waals surface area (Å²) in [5, 5.41) is 12.8. The van der Waals surface area contributed by atoms with E-state index in [-0.39, 0.29) is 12.5 Å². The number of hydrogen-bond acceptors (Lipinski definition) is 7. The third-order valence-electron chi connectivity index (χ3n) is 5.82. The minimum atomic E-state index is -0.118. The van der Waals surface area contributed by atoms with E-state index in [1.165, 1.54) is 12.8 Å². The van der Waals surface area contributed by atoms with Crippen molar-refractivity contribution in [2.24, 2.45) is 0 Å². The highest BCUT2D eigenvalue weighted by Gasteiger charge is 2.25. The lowest BCUT2D eigenvalue weighted by Crippen LogP contribution is -2.31. The molecule has 5 rings (SSSR count). The van der Waals surface area contributed by atoms with Crippen LogP contribution in [0.25, 0.3) is 10.9 Å². The highest BCUT2D eigenvalue weighted by atomic mass is 16.2. The Balaban J connectivity index is 1.44. The summed E-state index contributed by atoms with van der Waals surface area (Å²) in [6.45, 7) is 2.60. The predicted octanol–water partition coefficient (Wildman–Crippen LogP) is 3.88. The van der Waals surface area contributed by atoms with Crippen LogP contribution in [0.1, 0.15) is 51.9 Å². The number of nitrogens with one attached hydrogen (secondary N) is 1. The van der Waals surface area contributed by atoms with Crippen molar-refractivity contribution in [2.45, 2.75) is 38.8 Å². The van der Waals surface area contributed by atoms with Gasteiger partial charge >= 0.3 is 0 Å². The van der Waals surface area contributed by atoms with Gasteiger partial charge in [-0.1, -0.05) is 0 Å². The molecule has 8 heteroatoms. The first-order valence-electron chi connectivity index (χ1n) is 11.1. The van der Waals surface area contributed by atoms with E-state index < -0.39 is 0 Å². The number of anilines is 1. The smallest absolute Gasteiger partial charge is 0.254 e. The molecule has 33 heavy (non-hydrogen) atoms. The highest BCUT2D eigenvalue weighted by Crippen LogP contribution is 2.38. The molecule has 4 aromatic rings. The second kappa shape index (κ2) is 8.90. The van der Waals surface area contributed by atoms with E-state index in [1.807, 2.05) is 50.4 Å². The van der Waals surface area contributed by atoms with Gasteiger partial charge in [-0.2, -0.15) is 10.2 Å². The monoisotopic (exact) mass is 439 g/mol. The van der Waals surface area contributed by atoms with E-state index >= 15 is 0 Å². The molecule has 0 radical (unpaired) electrons. The van der Waals surface area contributed by atoms with Crippen LogP contribution in [0.4, 0.5) is 5.82 Å². The number of carbonyl (C=O) groups excluding carboxylic acids is 1. The maximum Gasteiger partial charge on any atom is 0.254 e. The van der Waals surface area contributed by atoms with Gasteiger partial charge in [0.05, 0.1) is 30.0 Å². The molecule has 1 aromatic carbocycles. The van der Waals surface area contributed by atoms with E-state index in [9.17, 15) is 4.79 Å². The molecule has 166 valence electrons. The van der Waals surface area contributed by atoms with Crippen molar-refractivity contribution in [1.29, 1.82) is 0 Å². The number of carbonyl (C=O) groups is 1. The number of hydrogen-bond donors (Lipinski definition) is 1. The SMILES string of the molecule is CNc1nc2ccc(C(=O)N(Cc3ccc(C4CC4)nn3)Cc3ncccn3)cc2cc1C. The van der Waals surface area contributed by atoms with Gasteiger partial charge in [0.2, 0.25) is 0 Å². The Morgan fingerprint density at radius 2 is 1.88 bits per heavy atom. The normalized spacial score (nSPS) is 13.2. The average Bonchev–Trinajstić information content (AvgIpc) is 3.69. The molecule has 1 aliphatic rings. The van der Waals surface area contributed by atoms with Crippen LogP contribution in [0.15, 0.2) is 54.9 Å². The molecule has 1 amide bonds. The lowest BCUT2D eigenvalue weighted by molar-refractivity contribution is 0.0723. The van der Waals surface area contributed by atoms with Gasteiger partial charge in [-0.05, 0) is 67.8 Å². The summed E-state index contributed by atoms with van der Waals surface area (Å²) < 4.78 is 0. The van der Waals surface area contributed by atoms with E-state index in [0.29, 0.717) is 23.9 Å². The average molecular weight is 440 g/mol. The summed E-state index contributed by atoms with van der Waals surface area (Å²) in [5.74, 6) is 1.83. The van der Waals surface area contributed by atoms with Crippen molar-refractivity contribution < 1.29 is 4.79 Å². The Morgan fingerprint density at radius 3 is 2.58 bits per heavy atom. The van der Waals surface area contributed by atoms with Gasteiger partial charge in [0.15, 0.2) is 0 Å². The molecule has 1 aliphatic carbocycles. The molecule has 1 saturated carbocycles. The molecular formula is C25H25N7O. The molecule has 0 bridgehead atoms. The highest BCUT2D eigenvalue weighted by molar-refractivity contribution is 5.98. The maximum absolute atomic E-state index is 13.6. The third-order valence-corrected chi connectivity index (χ3v) is 5.82. The number of rotatable bonds is 7. The van der Waals surface area contributed by atoms with Crippen molar-refractivity contribution in [3.05, 3.63) is 83.2 Å². The van der Waals surface area contributed by atoms with Gasteiger partial charge in [0, 0.05) is 36.3 Å². The fourth-order valence-corrected chi connectivity index (χ4v) is 3.88. The molecule has 0 unspecified atom stereocenters. The zero-order chi connectivity index (χ0) is 22.8. The summed E-state index contributed by atoms with van der Waals surface area (Å²) in [4.78, 5) is 28.5.